The Morgan fingerprint density at radius 3 is 1.50 bits per heavy atom. The molecule has 0 amide bonds. The van der Waals surface area contributed by atoms with Gasteiger partial charge in [0, 0.05) is 0 Å². The maximum Gasteiger partial charge on any atom is -0.00484 e. The van der Waals surface area contributed by atoms with Gasteiger partial charge in [0.05, 0.1) is 0 Å². The predicted molar refractivity (Wildman–Crippen MR) is 65.7 cm³/mol. The van der Waals surface area contributed by atoms with Crippen molar-refractivity contribution in [1.82, 2.24) is 5.32 Å². The van der Waals surface area contributed by atoms with Gasteiger partial charge in [-0.3, -0.25) is 0 Å². The summed E-state index contributed by atoms with van der Waals surface area (Å²) in [6, 6.07) is 0. The summed E-state index contributed by atoms with van der Waals surface area (Å²) >= 11 is 0. The minimum atomic E-state index is 1.04. The van der Waals surface area contributed by atoms with Gasteiger partial charge in [0.2, 0.25) is 0 Å². The van der Waals surface area contributed by atoms with Crippen molar-refractivity contribution < 1.29 is 0 Å². The number of hydrogen-bond donors (Lipinski definition) is 1. The van der Waals surface area contributed by atoms with Crippen LogP contribution in [-0.2, 0) is 0 Å². The minimum absolute atomic E-state index is 1.04. The molecule has 1 heteroatoms. The molecule has 1 aliphatic carbocycles. The standard InChI is InChI=1S/C7H14.C4H9N.C2H6/c1-7-5-3-2-4-6-7;1-2-4-5-3-1;1-2/h7H,2-6H2,1H3;5H,1-4H2;1-2H3. The molecule has 1 aliphatic heterocycles. The average molecular weight is 199 g/mol. The van der Waals surface area contributed by atoms with Gasteiger partial charge in [-0.15, -0.1) is 0 Å². The van der Waals surface area contributed by atoms with Crippen molar-refractivity contribution in [3.63, 3.8) is 0 Å². The average Bonchev–Trinajstić information content (AvgIpc) is 2.80. The zero-order chi connectivity index (χ0) is 10.6. The van der Waals surface area contributed by atoms with Gasteiger partial charge in [-0.05, 0) is 31.8 Å². The van der Waals surface area contributed by atoms with Crippen molar-refractivity contribution in [2.75, 3.05) is 13.1 Å². The molecule has 0 bridgehead atoms. The van der Waals surface area contributed by atoms with Gasteiger partial charge in [-0.2, -0.15) is 0 Å². The van der Waals surface area contributed by atoms with Gasteiger partial charge in [-0.25, -0.2) is 0 Å². The largest absolute Gasteiger partial charge is 0.317 e. The number of nitrogens with one attached hydrogen (secondary N) is 1. The molecule has 1 N–H and O–H groups in total. The molecule has 0 unspecified atom stereocenters. The second kappa shape index (κ2) is 11.0. The molecule has 1 saturated carbocycles. The highest BCUT2D eigenvalue weighted by Gasteiger charge is 2.05. The molecule has 1 nitrogen and oxygen atoms in total. The van der Waals surface area contributed by atoms with Crippen LogP contribution in [0, 0.1) is 5.92 Å². The third-order valence-electron chi connectivity index (χ3n) is 2.85. The molecule has 0 radical (unpaired) electrons. The van der Waals surface area contributed by atoms with Crippen molar-refractivity contribution in [3.8, 4) is 0 Å². The van der Waals surface area contributed by atoms with E-state index in [9.17, 15) is 0 Å². The summed E-state index contributed by atoms with van der Waals surface area (Å²) in [5, 5.41) is 3.22. The summed E-state index contributed by atoms with van der Waals surface area (Å²) in [6.45, 7) is 8.86. The third kappa shape index (κ3) is 8.55. The lowest BCUT2D eigenvalue weighted by atomic mass is 9.91. The Morgan fingerprint density at radius 1 is 0.786 bits per heavy atom. The van der Waals surface area contributed by atoms with E-state index >= 15 is 0 Å². The van der Waals surface area contributed by atoms with Crippen molar-refractivity contribution in [3.05, 3.63) is 0 Å². The maximum atomic E-state index is 3.22. The predicted octanol–water partition coefficient (Wildman–Crippen LogP) is 3.98. The van der Waals surface area contributed by atoms with Crippen LogP contribution in [0.1, 0.15) is 65.7 Å². The highest BCUT2D eigenvalue weighted by Crippen LogP contribution is 2.22. The minimum Gasteiger partial charge on any atom is -0.317 e. The molecular formula is C13H29N. The van der Waals surface area contributed by atoms with Crippen molar-refractivity contribution in [2.24, 2.45) is 5.92 Å². The molecular weight excluding hydrogens is 170 g/mol. The molecule has 2 aliphatic rings. The van der Waals surface area contributed by atoms with Crippen molar-refractivity contribution in [2.45, 2.75) is 65.7 Å². The summed E-state index contributed by atoms with van der Waals surface area (Å²) in [5.41, 5.74) is 0. The van der Waals surface area contributed by atoms with E-state index in [4.69, 9.17) is 0 Å². The van der Waals surface area contributed by atoms with E-state index in [0.717, 1.165) is 5.92 Å². The van der Waals surface area contributed by atoms with Crippen LogP contribution < -0.4 is 5.32 Å². The van der Waals surface area contributed by atoms with Gasteiger partial charge < -0.3 is 5.32 Å². The fourth-order valence-corrected chi connectivity index (χ4v) is 1.93. The van der Waals surface area contributed by atoms with Gasteiger partial charge in [0.1, 0.15) is 0 Å². The molecule has 2 rings (SSSR count). The molecule has 0 aromatic carbocycles. The lowest BCUT2D eigenvalue weighted by molar-refractivity contribution is 0.385. The fraction of sp³-hybridized carbons (Fsp3) is 1.00. The van der Waals surface area contributed by atoms with E-state index < -0.39 is 0 Å². The molecule has 0 aromatic rings. The van der Waals surface area contributed by atoms with E-state index in [1.54, 1.807) is 0 Å². The second-order valence-corrected chi connectivity index (χ2v) is 4.20. The third-order valence-corrected chi connectivity index (χ3v) is 2.85. The van der Waals surface area contributed by atoms with E-state index in [1.165, 1.54) is 58.0 Å². The number of hydrogen-bond acceptors (Lipinski definition) is 1. The second-order valence-electron chi connectivity index (χ2n) is 4.20. The first kappa shape index (κ1) is 14.0. The first-order valence-electron chi connectivity index (χ1n) is 6.60. The first-order chi connectivity index (χ1) is 6.89. The number of rotatable bonds is 0. The molecule has 0 atom stereocenters. The van der Waals surface area contributed by atoms with Crippen LogP contribution in [0.15, 0.2) is 0 Å². The van der Waals surface area contributed by atoms with Crippen LogP contribution >= 0.6 is 0 Å². The molecule has 0 aromatic heterocycles. The fourth-order valence-electron chi connectivity index (χ4n) is 1.93. The Balaban J connectivity index is 0.000000213. The Morgan fingerprint density at radius 2 is 1.29 bits per heavy atom. The molecule has 2 fully saturated rings. The van der Waals surface area contributed by atoms with Gasteiger partial charge in [0.25, 0.3) is 0 Å². The van der Waals surface area contributed by atoms with Crippen LogP contribution in [0.4, 0.5) is 0 Å². The summed E-state index contributed by atoms with van der Waals surface area (Å²) < 4.78 is 0. The maximum absolute atomic E-state index is 3.22. The van der Waals surface area contributed by atoms with E-state index in [0.29, 0.717) is 0 Å². The van der Waals surface area contributed by atoms with E-state index in [-0.39, 0.29) is 0 Å². The summed E-state index contributed by atoms with van der Waals surface area (Å²) in [5.74, 6) is 1.04. The molecule has 14 heavy (non-hydrogen) atoms. The van der Waals surface area contributed by atoms with Crippen molar-refractivity contribution >= 4 is 0 Å². The molecule has 1 saturated heterocycles. The Bertz CT molecular complexity index is 83.8. The van der Waals surface area contributed by atoms with Crippen LogP contribution in [0.5, 0.6) is 0 Å². The van der Waals surface area contributed by atoms with E-state index in [2.05, 4.69) is 12.2 Å². The molecule has 86 valence electrons. The van der Waals surface area contributed by atoms with Crippen LogP contribution in [0.2, 0.25) is 0 Å². The smallest absolute Gasteiger partial charge is 0.00484 e. The van der Waals surface area contributed by atoms with Gasteiger partial charge in [0.15, 0.2) is 0 Å². The zero-order valence-electron chi connectivity index (χ0n) is 10.4. The quantitative estimate of drug-likeness (QED) is 0.622. The topological polar surface area (TPSA) is 12.0 Å². The lowest BCUT2D eigenvalue weighted by Gasteiger charge is -2.15. The normalized spacial score (nSPS) is 21.6. The van der Waals surface area contributed by atoms with Gasteiger partial charge >= 0.3 is 0 Å². The summed E-state index contributed by atoms with van der Waals surface area (Å²) in [6.07, 6.45) is 10.2. The Labute approximate surface area is 90.7 Å². The van der Waals surface area contributed by atoms with Crippen molar-refractivity contribution in [1.29, 1.82) is 0 Å². The van der Waals surface area contributed by atoms with Crippen LogP contribution in [0.3, 0.4) is 0 Å². The molecule has 1 heterocycles. The Hall–Kier alpha value is -0.0400. The summed E-state index contributed by atoms with van der Waals surface area (Å²) in [4.78, 5) is 0. The van der Waals surface area contributed by atoms with Crippen LogP contribution in [0.25, 0.3) is 0 Å². The zero-order valence-corrected chi connectivity index (χ0v) is 10.4. The van der Waals surface area contributed by atoms with E-state index in [1.807, 2.05) is 13.8 Å². The Kier molecular flexibility index (Phi) is 11.0. The molecule has 0 spiro atoms. The van der Waals surface area contributed by atoms with Gasteiger partial charge in [-0.1, -0.05) is 52.9 Å². The highest BCUT2D eigenvalue weighted by atomic mass is 14.9. The highest BCUT2D eigenvalue weighted by molar-refractivity contribution is 4.59. The monoisotopic (exact) mass is 199 g/mol. The first-order valence-corrected chi connectivity index (χ1v) is 6.60. The SMILES string of the molecule is C1CCNC1.CC.CC1CCCCC1. The van der Waals surface area contributed by atoms with Crippen LogP contribution in [-0.4, -0.2) is 13.1 Å². The summed E-state index contributed by atoms with van der Waals surface area (Å²) in [7, 11) is 0. The lowest BCUT2D eigenvalue weighted by Crippen LogP contribution is -2.03.